The topological polar surface area (TPSA) is 47.3 Å². The van der Waals surface area contributed by atoms with E-state index in [4.69, 9.17) is 10.6 Å². The molecular formula is C13H30N2O. The molecule has 2 atom stereocenters. The van der Waals surface area contributed by atoms with Crippen LogP contribution in [0, 0.1) is 5.92 Å². The van der Waals surface area contributed by atoms with Gasteiger partial charge in [-0.25, -0.2) is 0 Å². The highest BCUT2D eigenvalue weighted by atomic mass is 16.5. The maximum Gasteiger partial charge on any atom is 0.0839 e. The lowest BCUT2D eigenvalue weighted by Crippen LogP contribution is -2.54. The molecule has 2 unspecified atom stereocenters. The molecule has 3 nitrogen and oxygen atoms in total. The standard InChI is InChI=1S/C13H30N2O/c1-6-9-11(4)10-12(15-14)13(7-2,8-3)16-5/h11-12,15H,6-10,14H2,1-5H3. The molecular weight excluding hydrogens is 200 g/mol. The maximum absolute atomic E-state index is 5.73. The zero-order chi connectivity index (χ0) is 12.6. The van der Waals surface area contributed by atoms with Crippen LogP contribution in [0.2, 0.25) is 0 Å². The van der Waals surface area contributed by atoms with E-state index in [9.17, 15) is 0 Å². The van der Waals surface area contributed by atoms with Crippen LogP contribution in [0.15, 0.2) is 0 Å². The average molecular weight is 230 g/mol. The fraction of sp³-hybridized carbons (Fsp3) is 1.00. The molecule has 3 N–H and O–H groups in total. The van der Waals surface area contributed by atoms with Gasteiger partial charge in [-0.1, -0.05) is 40.5 Å². The lowest BCUT2D eigenvalue weighted by atomic mass is 9.82. The lowest BCUT2D eigenvalue weighted by molar-refractivity contribution is -0.0529. The summed E-state index contributed by atoms with van der Waals surface area (Å²) in [7, 11) is 1.79. The number of hydrazine groups is 1. The summed E-state index contributed by atoms with van der Waals surface area (Å²) in [6, 6.07) is 0.244. The van der Waals surface area contributed by atoms with E-state index >= 15 is 0 Å². The Morgan fingerprint density at radius 3 is 2.12 bits per heavy atom. The highest BCUT2D eigenvalue weighted by Gasteiger charge is 2.35. The van der Waals surface area contributed by atoms with Crippen LogP contribution in [0.4, 0.5) is 0 Å². The van der Waals surface area contributed by atoms with Gasteiger partial charge in [-0.2, -0.15) is 0 Å². The van der Waals surface area contributed by atoms with Crippen molar-refractivity contribution in [2.45, 2.75) is 71.4 Å². The van der Waals surface area contributed by atoms with Crippen molar-refractivity contribution in [2.24, 2.45) is 11.8 Å². The third kappa shape index (κ3) is 4.04. The summed E-state index contributed by atoms with van der Waals surface area (Å²) in [5, 5.41) is 0. The summed E-state index contributed by atoms with van der Waals surface area (Å²) in [5.41, 5.74) is 2.85. The van der Waals surface area contributed by atoms with E-state index in [0.29, 0.717) is 5.92 Å². The quantitative estimate of drug-likeness (QED) is 0.473. The lowest BCUT2D eigenvalue weighted by Gasteiger charge is -2.39. The summed E-state index contributed by atoms with van der Waals surface area (Å²) in [6.07, 6.45) is 5.56. The fourth-order valence-corrected chi connectivity index (χ4v) is 2.62. The minimum absolute atomic E-state index is 0.114. The van der Waals surface area contributed by atoms with Gasteiger partial charge in [0.25, 0.3) is 0 Å². The minimum atomic E-state index is -0.114. The Balaban J connectivity index is 4.54. The van der Waals surface area contributed by atoms with Crippen molar-refractivity contribution in [1.82, 2.24) is 5.43 Å². The van der Waals surface area contributed by atoms with Gasteiger partial charge in [0, 0.05) is 7.11 Å². The number of rotatable bonds is 9. The second-order valence-corrected chi connectivity index (χ2v) is 4.82. The molecule has 0 aromatic carbocycles. The first kappa shape index (κ1) is 15.9. The maximum atomic E-state index is 5.73. The molecule has 0 bridgehead atoms. The van der Waals surface area contributed by atoms with Crippen molar-refractivity contribution in [3.63, 3.8) is 0 Å². The summed E-state index contributed by atoms with van der Waals surface area (Å²) in [6.45, 7) is 8.85. The predicted molar refractivity (Wildman–Crippen MR) is 70.1 cm³/mol. The van der Waals surface area contributed by atoms with E-state index in [1.165, 1.54) is 12.8 Å². The third-order valence-electron chi connectivity index (χ3n) is 3.86. The van der Waals surface area contributed by atoms with Gasteiger partial charge in [0.1, 0.15) is 0 Å². The third-order valence-corrected chi connectivity index (χ3v) is 3.86. The Morgan fingerprint density at radius 2 is 1.81 bits per heavy atom. The van der Waals surface area contributed by atoms with Crippen LogP contribution in [-0.2, 0) is 4.74 Å². The van der Waals surface area contributed by atoms with Crippen molar-refractivity contribution >= 4 is 0 Å². The molecule has 0 aliphatic rings. The van der Waals surface area contributed by atoms with Gasteiger partial charge in [0.2, 0.25) is 0 Å². The Kier molecular flexibility index (Phi) is 7.98. The second-order valence-electron chi connectivity index (χ2n) is 4.82. The number of hydrogen-bond acceptors (Lipinski definition) is 3. The van der Waals surface area contributed by atoms with Crippen molar-refractivity contribution in [2.75, 3.05) is 7.11 Å². The highest BCUT2D eigenvalue weighted by Crippen LogP contribution is 2.28. The summed E-state index contributed by atoms with van der Waals surface area (Å²) >= 11 is 0. The molecule has 0 fully saturated rings. The number of ether oxygens (including phenoxy) is 1. The van der Waals surface area contributed by atoms with Crippen LogP contribution in [0.1, 0.15) is 59.8 Å². The van der Waals surface area contributed by atoms with Gasteiger partial charge in [-0.05, 0) is 25.2 Å². The molecule has 0 saturated carbocycles. The predicted octanol–water partition coefficient (Wildman–Crippen LogP) is 2.85. The molecule has 0 heterocycles. The van der Waals surface area contributed by atoms with Crippen LogP contribution >= 0.6 is 0 Å². The van der Waals surface area contributed by atoms with Crippen LogP contribution < -0.4 is 11.3 Å². The van der Waals surface area contributed by atoms with Gasteiger partial charge < -0.3 is 4.74 Å². The smallest absolute Gasteiger partial charge is 0.0839 e. The van der Waals surface area contributed by atoms with Crippen LogP contribution in [0.5, 0.6) is 0 Å². The van der Waals surface area contributed by atoms with Crippen molar-refractivity contribution < 1.29 is 4.74 Å². The van der Waals surface area contributed by atoms with Gasteiger partial charge in [0.05, 0.1) is 11.6 Å². The summed E-state index contributed by atoms with van der Waals surface area (Å²) in [4.78, 5) is 0. The molecule has 0 rings (SSSR count). The highest BCUT2D eigenvalue weighted by molar-refractivity contribution is 4.91. The molecule has 0 spiro atoms. The summed E-state index contributed by atoms with van der Waals surface area (Å²) in [5.74, 6) is 6.39. The Morgan fingerprint density at radius 1 is 1.25 bits per heavy atom. The van der Waals surface area contributed by atoms with E-state index in [-0.39, 0.29) is 11.6 Å². The molecule has 0 aromatic heterocycles. The van der Waals surface area contributed by atoms with Crippen LogP contribution in [0.25, 0.3) is 0 Å². The number of methoxy groups -OCH3 is 1. The van der Waals surface area contributed by atoms with Gasteiger partial charge >= 0.3 is 0 Å². The Labute approximate surface area is 101 Å². The van der Waals surface area contributed by atoms with E-state index in [0.717, 1.165) is 19.3 Å². The molecule has 98 valence electrons. The monoisotopic (exact) mass is 230 g/mol. The minimum Gasteiger partial charge on any atom is -0.377 e. The Hall–Kier alpha value is -0.120. The van der Waals surface area contributed by atoms with Crippen molar-refractivity contribution in [3.05, 3.63) is 0 Å². The summed E-state index contributed by atoms with van der Waals surface area (Å²) < 4.78 is 5.73. The van der Waals surface area contributed by atoms with Gasteiger partial charge in [-0.15, -0.1) is 0 Å². The first-order valence-corrected chi connectivity index (χ1v) is 6.61. The average Bonchev–Trinajstić information content (AvgIpc) is 2.30. The van der Waals surface area contributed by atoms with E-state index < -0.39 is 0 Å². The Bertz CT molecular complexity index is 161. The molecule has 0 saturated heterocycles. The van der Waals surface area contributed by atoms with Gasteiger partial charge in [-0.3, -0.25) is 11.3 Å². The largest absolute Gasteiger partial charge is 0.377 e. The fourth-order valence-electron chi connectivity index (χ4n) is 2.62. The molecule has 0 radical (unpaired) electrons. The van der Waals surface area contributed by atoms with Crippen LogP contribution in [0.3, 0.4) is 0 Å². The van der Waals surface area contributed by atoms with E-state index in [1.54, 1.807) is 7.11 Å². The number of nitrogens with two attached hydrogens (primary N) is 1. The SMILES string of the molecule is CCCC(C)CC(NN)C(CC)(CC)OC. The molecule has 16 heavy (non-hydrogen) atoms. The normalized spacial score (nSPS) is 16.1. The van der Waals surface area contributed by atoms with E-state index in [2.05, 4.69) is 33.1 Å². The molecule has 0 aromatic rings. The zero-order valence-corrected chi connectivity index (χ0v) is 11.7. The number of hydrogen-bond donors (Lipinski definition) is 2. The molecule has 3 heteroatoms. The first-order valence-electron chi connectivity index (χ1n) is 6.61. The van der Waals surface area contributed by atoms with Crippen LogP contribution in [-0.4, -0.2) is 18.8 Å². The van der Waals surface area contributed by atoms with Gasteiger partial charge in [0.15, 0.2) is 0 Å². The first-order chi connectivity index (χ1) is 7.60. The van der Waals surface area contributed by atoms with E-state index in [1.807, 2.05) is 0 Å². The molecule has 0 aliphatic carbocycles. The second kappa shape index (κ2) is 8.04. The van der Waals surface area contributed by atoms with Crippen molar-refractivity contribution in [3.8, 4) is 0 Å². The molecule has 0 amide bonds. The molecule has 0 aliphatic heterocycles. The number of nitrogens with one attached hydrogen (secondary N) is 1. The van der Waals surface area contributed by atoms with Crippen molar-refractivity contribution in [1.29, 1.82) is 0 Å². The zero-order valence-electron chi connectivity index (χ0n) is 11.7.